The topological polar surface area (TPSA) is 58.2 Å². The van der Waals surface area contributed by atoms with Gasteiger partial charge >= 0.3 is 6.03 Å². The Morgan fingerprint density at radius 1 is 0.895 bits per heavy atom. The highest BCUT2D eigenvalue weighted by Gasteiger charge is 2.11. The fourth-order valence-electron chi connectivity index (χ4n) is 1.48. The number of urea groups is 1. The number of anilines is 1. The third-order valence-electron chi connectivity index (χ3n) is 2.39. The molecular formula is C14H11FN2O2. The van der Waals surface area contributed by atoms with E-state index in [0.717, 1.165) is 0 Å². The number of nitrogens with one attached hydrogen (secondary N) is 2. The molecule has 19 heavy (non-hydrogen) atoms. The molecule has 0 radical (unpaired) electrons. The molecule has 96 valence electrons. The SMILES string of the molecule is O=C(NC(=O)c1ccccc1)Nc1ccccc1F. The number of rotatable bonds is 2. The number of carbonyl (C=O) groups is 2. The van der Waals surface area contributed by atoms with E-state index in [9.17, 15) is 14.0 Å². The summed E-state index contributed by atoms with van der Waals surface area (Å²) >= 11 is 0. The van der Waals surface area contributed by atoms with Crippen LogP contribution in [0.15, 0.2) is 54.6 Å². The molecule has 0 spiro atoms. The first-order valence-corrected chi connectivity index (χ1v) is 5.59. The smallest absolute Gasteiger partial charge is 0.305 e. The van der Waals surface area contributed by atoms with Crippen LogP contribution in [-0.2, 0) is 0 Å². The molecule has 0 aromatic heterocycles. The van der Waals surface area contributed by atoms with Crippen LogP contribution in [0.2, 0.25) is 0 Å². The molecule has 2 aromatic carbocycles. The van der Waals surface area contributed by atoms with Crippen molar-refractivity contribution in [2.75, 3.05) is 5.32 Å². The van der Waals surface area contributed by atoms with Crippen LogP contribution >= 0.6 is 0 Å². The number of carbonyl (C=O) groups excluding carboxylic acids is 2. The van der Waals surface area contributed by atoms with Crippen LogP contribution in [0, 0.1) is 5.82 Å². The minimum absolute atomic E-state index is 0.0147. The number of para-hydroxylation sites is 1. The average molecular weight is 258 g/mol. The van der Waals surface area contributed by atoms with Gasteiger partial charge in [-0.1, -0.05) is 30.3 Å². The minimum atomic E-state index is -0.779. The first kappa shape index (κ1) is 12.8. The number of hydrogen-bond donors (Lipinski definition) is 2. The second-order valence-electron chi connectivity index (χ2n) is 3.75. The average Bonchev–Trinajstić information content (AvgIpc) is 2.42. The van der Waals surface area contributed by atoms with Gasteiger partial charge in [-0.15, -0.1) is 0 Å². The van der Waals surface area contributed by atoms with Crippen LogP contribution in [0.5, 0.6) is 0 Å². The monoisotopic (exact) mass is 258 g/mol. The minimum Gasteiger partial charge on any atom is -0.305 e. The first-order chi connectivity index (χ1) is 9.16. The van der Waals surface area contributed by atoms with Gasteiger partial charge < -0.3 is 5.32 Å². The van der Waals surface area contributed by atoms with E-state index in [-0.39, 0.29) is 5.69 Å². The molecule has 0 aliphatic rings. The van der Waals surface area contributed by atoms with Crippen LogP contribution in [0.25, 0.3) is 0 Å². The summed E-state index contributed by atoms with van der Waals surface area (Å²) in [6.45, 7) is 0. The summed E-state index contributed by atoms with van der Waals surface area (Å²) in [5, 5.41) is 4.38. The summed E-state index contributed by atoms with van der Waals surface area (Å²) in [6, 6.07) is 13.2. The fourth-order valence-corrected chi connectivity index (χ4v) is 1.48. The summed E-state index contributed by atoms with van der Waals surface area (Å²) in [7, 11) is 0. The molecule has 0 aliphatic carbocycles. The van der Waals surface area contributed by atoms with Gasteiger partial charge in [0.1, 0.15) is 5.82 Å². The van der Waals surface area contributed by atoms with Gasteiger partial charge in [0.15, 0.2) is 0 Å². The van der Waals surface area contributed by atoms with Gasteiger partial charge in [-0.05, 0) is 24.3 Å². The number of hydrogen-bond acceptors (Lipinski definition) is 2. The molecule has 3 amide bonds. The number of amides is 3. The van der Waals surface area contributed by atoms with Gasteiger partial charge in [-0.25, -0.2) is 9.18 Å². The van der Waals surface area contributed by atoms with Crippen molar-refractivity contribution in [3.63, 3.8) is 0 Å². The van der Waals surface area contributed by atoms with Crippen molar-refractivity contribution < 1.29 is 14.0 Å². The molecule has 0 fully saturated rings. The predicted molar refractivity (Wildman–Crippen MR) is 69.3 cm³/mol. The first-order valence-electron chi connectivity index (χ1n) is 5.59. The van der Waals surface area contributed by atoms with Gasteiger partial charge in [0, 0.05) is 5.56 Å². The van der Waals surface area contributed by atoms with Gasteiger partial charge in [0.25, 0.3) is 5.91 Å². The lowest BCUT2D eigenvalue weighted by molar-refractivity contribution is 0.0967. The number of benzene rings is 2. The Bertz CT molecular complexity index is 599. The molecule has 2 aromatic rings. The lowest BCUT2D eigenvalue weighted by Crippen LogP contribution is -2.34. The van der Waals surface area contributed by atoms with Gasteiger partial charge in [0.2, 0.25) is 0 Å². The maximum Gasteiger partial charge on any atom is 0.326 e. The van der Waals surface area contributed by atoms with E-state index >= 15 is 0 Å². The zero-order valence-electron chi connectivity index (χ0n) is 9.89. The van der Waals surface area contributed by atoms with Crippen molar-refractivity contribution >= 4 is 17.6 Å². The molecule has 0 saturated carbocycles. The van der Waals surface area contributed by atoms with Crippen molar-refractivity contribution in [3.05, 3.63) is 66.0 Å². The Balaban J connectivity index is 1.99. The third-order valence-corrected chi connectivity index (χ3v) is 2.39. The van der Waals surface area contributed by atoms with Crippen molar-refractivity contribution in [2.24, 2.45) is 0 Å². The zero-order chi connectivity index (χ0) is 13.7. The van der Waals surface area contributed by atoms with Crippen molar-refractivity contribution in [1.82, 2.24) is 5.32 Å². The maximum atomic E-state index is 13.3. The van der Waals surface area contributed by atoms with E-state index in [1.165, 1.54) is 18.2 Å². The van der Waals surface area contributed by atoms with E-state index < -0.39 is 17.8 Å². The van der Waals surface area contributed by atoms with Crippen molar-refractivity contribution in [1.29, 1.82) is 0 Å². The Labute approximate surface area is 109 Å². The highest BCUT2D eigenvalue weighted by Crippen LogP contribution is 2.11. The second-order valence-corrected chi connectivity index (χ2v) is 3.75. The molecular weight excluding hydrogens is 247 g/mol. The third kappa shape index (κ3) is 3.38. The Hall–Kier alpha value is -2.69. The van der Waals surface area contributed by atoms with Gasteiger partial charge in [-0.3, -0.25) is 10.1 Å². The highest BCUT2D eigenvalue weighted by atomic mass is 19.1. The molecule has 2 rings (SSSR count). The molecule has 0 aliphatic heterocycles. The fraction of sp³-hybridized carbons (Fsp3) is 0. The standard InChI is InChI=1S/C14H11FN2O2/c15-11-8-4-5-9-12(11)16-14(19)17-13(18)10-6-2-1-3-7-10/h1-9H,(H2,16,17,18,19). The van der Waals surface area contributed by atoms with Crippen LogP contribution in [0.1, 0.15) is 10.4 Å². The number of imide groups is 1. The lowest BCUT2D eigenvalue weighted by Gasteiger charge is -2.07. The summed E-state index contributed by atoms with van der Waals surface area (Å²) in [6.07, 6.45) is 0. The van der Waals surface area contributed by atoms with Crippen LogP contribution in [0.3, 0.4) is 0 Å². The summed E-state index contributed by atoms with van der Waals surface area (Å²) in [5.74, 6) is -1.11. The quantitative estimate of drug-likeness (QED) is 0.870. The molecule has 5 heteroatoms. The van der Waals surface area contributed by atoms with E-state index in [0.29, 0.717) is 5.56 Å². The second kappa shape index (κ2) is 5.77. The summed E-state index contributed by atoms with van der Waals surface area (Å²) in [4.78, 5) is 23.2. The Morgan fingerprint density at radius 3 is 2.21 bits per heavy atom. The van der Waals surface area contributed by atoms with E-state index in [2.05, 4.69) is 10.6 Å². The van der Waals surface area contributed by atoms with E-state index in [1.807, 2.05) is 0 Å². The summed E-state index contributed by atoms with van der Waals surface area (Å²) in [5.41, 5.74) is 0.368. The van der Waals surface area contributed by atoms with Gasteiger partial charge in [0.05, 0.1) is 5.69 Å². The molecule has 0 bridgehead atoms. The maximum absolute atomic E-state index is 13.3. The largest absolute Gasteiger partial charge is 0.326 e. The zero-order valence-corrected chi connectivity index (χ0v) is 9.89. The molecule has 0 heterocycles. The molecule has 4 nitrogen and oxygen atoms in total. The molecule has 2 N–H and O–H groups in total. The van der Waals surface area contributed by atoms with Crippen LogP contribution in [0.4, 0.5) is 14.9 Å². The highest BCUT2D eigenvalue weighted by molar-refractivity contribution is 6.07. The number of halogens is 1. The molecule has 0 unspecified atom stereocenters. The molecule has 0 saturated heterocycles. The van der Waals surface area contributed by atoms with Crippen molar-refractivity contribution in [2.45, 2.75) is 0 Å². The van der Waals surface area contributed by atoms with E-state index in [4.69, 9.17) is 0 Å². The predicted octanol–water partition coefficient (Wildman–Crippen LogP) is 2.79. The Kier molecular flexibility index (Phi) is 3.87. The van der Waals surface area contributed by atoms with Gasteiger partial charge in [-0.2, -0.15) is 0 Å². The van der Waals surface area contributed by atoms with E-state index in [1.54, 1.807) is 36.4 Å². The summed E-state index contributed by atoms with van der Waals surface area (Å²) < 4.78 is 13.3. The normalized spacial score (nSPS) is 9.74. The van der Waals surface area contributed by atoms with Crippen LogP contribution < -0.4 is 10.6 Å². The van der Waals surface area contributed by atoms with Crippen molar-refractivity contribution in [3.8, 4) is 0 Å². The van der Waals surface area contributed by atoms with Crippen LogP contribution in [-0.4, -0.2) is 11.9 Å². The Morgan fingerprint density at radius 2 is 1.53 bits per heavy atom. The lowest BCUT2D eigenvalue weighted by atomic mass is 10.2. The molecule has 0 atom stereocenters.